The van der Waals surface area contributed by atoms with Gasteiger partial charge in [0, 0.05) is 35.1 Å². The van der Waals surface area contributed by atoms with E-state index in [1.807, 2.05) is 61.7 Å². The zero-order valence-corrected chi connectivity index (χ0v) is 16.6. The summed E-state index contributed by atoms with van der Waals surface area (Å²) in [6.45, 7) is 3.88. The Morgan fingerprint density at radius 2 is 1.83 bits per heavy atom. The lowest BCUT2D eigenvalue weighted by atomic mass is 9.91. The van der Waals surface area contributed by atoms with Crippen LogP contribution in [-0.2, 0) is 0 Å². The molecule has 0 spiro atoms. The van der Waals surface area contributed by atoms with Crippen molar-refractivity contribution in [2.24, 2.45) is 0 Å². The fourth-order valence-corrected chi connectivity index (χ4v) is 3.95. The Morgan fingerprint density at radius 3 is 2.52 bits per heavy atom. The first kappa shape index (κ1) is 18.9. The van der Waals surface area contributed by atoms with Crippen molar-refractivity contribution in [2.45, 2.75) is 32.6 Å². The van der Waals surface area contributed by atoms with E-state index in [4.69, 9.17) is 4.98 Å². The van der Waals surface area contributed by atoms with Gasteiger partial charge in [-0.15, -0.1) is 0 Å². The van der Waals surface area contributed by atoms with E-state index in [-0.39, 0.29) is 11.7 Å². The molecule has 0 amide bonds. The van der Waals surface area contributed by atoms with Gasteiger partial charge in [0.2, 0.25) is 0 Å². The number of hydrogen-bond donors (Lipinski definition) is 1. The van der Waals surface area contributed by atoms with Gasteiger partial charge in [-0.3, -0.25) is 14.2 Å². The fraction of sp³-hybridized carbons (Fsp3) is 0.208. The second-order valence-electron chi connectivity index (χ2n) is 7.02. The van der Waals surface area contributed by atoms with Gasteiger partial charge in [0.25, 0.3) is 0 Å². The van der Waals surface area contributed by atoms with Crippen molar-refractivity contribution in [3.05, 3.63) is 83.6 Å². The molecule has 4 rings (SSSR count). The van der Waals surface area contributed by atoms with Crippen molar-refractivity contribution in [2.75, 3.05) is 0 Å². The molecule has 0 saturated carbocycles. The van der Waals surface area contributed by atoms with Gasteiger partial charge in [0.05, 0.1) is 5.69 Å². The van der Waals surface area contributed by atoms with Gasteiger partial charge < -0.3 is 4.98 Å². The summed E-state index contributed by atoms with van der Waals surface area (Å²) in [5, 5.41) is 1.11. The molecule has 2 aromatic carbocycles. The van der Waals surface area contributed by atoms with Crippen LogP contribution in [0.5, 0.6) is 0 Å². The number of carbonyl (C=O) groups excluding carboxylic acids is 2. The van der Waals surface area contributed by atoms with Crippen molar-refractivity contribution in [1.29, 1.82) is 0 Å². The summed E-state index contributed by atoms with van der Waals surface area (Å²) in [6, 6.07) is 17.5. The third kappa shape index (κ3) is 3.18. The number of benzene rings is 2. The first-order valence-corrected chi connectivity index (χ1v) is 9.92. The van der Waals surface area contributed by atoms with Crippen molar-refractivity contribution in [1.82, 2.24) is 14.5 Å². The third-order valence-electron chi connectivity index (χ3n) is 5.37. The molecule has 0 saturated heterocycles. The minimum absolute atomic E-state index is 0.0861. The Morgan fingerprint density at radius 1 is 1.10 bits per heavy atom. The SMILES string of the molecule is CCC(=O)c1nc(C(CC)c2c[nH]c3ccccc23)c(C=O)n1-c1ccccc1. The number of rotatable bonds is 7. The number of ketones is 1. The molecule has 0 fully saturated rings. The topological polar surface area (TPSA) is 67.8 Å². The third-order valence-corrected chi connectivity index (χ3v) is 5.37. The van der Waals surface area contributed by atoms with Crippen molar-refractivity contribution in [3.8, 4) is 5.69 Å². The van der Waals surface area contributed by atoms with Crippen LogP contribution in [0.15, 0.2) is 60.8 Å². The van der Waals surface area contributed by atoms with Gasteiger partial charge in [-0.05, 0) is 30.2 Å². The van der Waals surface area contributed by atoms with Crippen LogP contribution in [0.1, 0.15) is 65.0 Å². The zero-order valence-electron chi connectivity index (χ0n) is 16.6. The van der Waals surface area contributed by atoms with E-state index in [0.29, 0.717) is 23.6 Å². The van der Waals surface area contributed by atoms with Crippen LogP contribution in [0, 0.1) is 0 Å². The Bertz CT molecular complexity index is 1170. The first-order valence-electron chi connectivity index (χ1n) is 9.92. The summed E-state index contributed by atoms with van der Waals surface area (Å²) in [6.07, 6.45) is 3.88. The number of nitrogens with zero attached hydrogens (tertiary/aromatic N) is 2. The lowest BCUT2D eigenvalue weighted by Gasteiger charge is -2.14. The van der Waals surface area contributed by atoms with E-state index in [2.05, 4.69) is 18.0 Å². The maximum Gasteiger partial charge on any atom is 0.198 e. The first-order chi connectivity index (χ1) is 14.2. The van der Waals surface area contributed by atoms with Crippen LogP contribution < -0.4 is 0 Å². The number of aldehydes is 1. The molecule has 0 aliphatic rings. The van der Waals surface area contributed by atoms with E-state index >= 15 is 0 Å². The molecule has 29 heavy (non-hydrogen) atoms. The number of H-pyrrole nitrogens is 1. The Balaban J connectivity index is 1.96. The monoisotopic (exact) mass is 385 g/mol. The molecule has 5 nitrogen and oxygen atoms in total. The van der Waals surface area contributed by atoms with E-state index in [1.165, 1.54) is 0 Å². The number of carbonyl (C=O) groups is 2. The molecular formula is C24H23N3O2. The zero-order chi connectivity index (χ0) is 20.4. The molecule has 0 radical (unpaired) electrons. The van der Waals surface area contributed by atoms with Crippen LogP contribution in [0.3, 0.4) is 0 Å². The average Bonchev–Trinajstić information content (AvgIpc) is 3.37. The summed E-state index contributed by atoms with van der Waals surface area (Å²) in [5.41, 5.74) is 3.97. The van der Waals surface area contributed by atoms with E-state index in [1.54, 1.807) is 4.57 Å². The molecule has 2 heterocycles. The minimum atomic E-state index is -0.0975. The Kier molecular flexibility index (Phi) is 5.12. The van der Waals surface area contributed by atoms with Gasteiger partial charge in [0.15, 0.2) is 17.9 Å². The highest BCUT2D eigenvalue weighted by molar-refractivity contribution is 5.95. The molecule has 1 atom stereocenters. The molecule has 1 N–H and O–H groups in total. The second-order valence-corrected chi connectivity index (χ2v) is 7.02. The Labute approximate surface area is 169 Å². The predicted molar refractivity (Wildman–Crippen MR) is 114 cm³/mol. The summed E-state index contributed by atoms with van der Waals surface area (Å²) < 4.78 is 1.70. The number of para-hydroxylation sites is 2. The van der Waals surface area contributed by atoms with Gasteiger partial charge in [-0.2, -0.15) is 0 Å². The highest BCUT2D eigenvalue weighted by Gasteiger charge is 2.28. The van der Waals surface area contributed by atoms with Gasteiger partial charge in [-0.25, -0.2) is 4.98 Å². The van der Waals surface area contributed by atoms with E-state index < -0.39 is 0 Å². The summed E-state index contributed by atoms with van der Waals surface area (Å²) >= 11 is 0. The largest absolute Gasteiger partial charge is 0.361 e. The van der Waals surface area contributed by atoms with E-state index in [0.717, 1.165) is 34.9 Å². The van der Waals surface area contributed by atoms with Gasteiger partial charge >= 0.3 is 0 Å². The molecule has 0 aliphatic carbocycles. The molecule has 4 aromatic rings. The molecule has 0 bridgehead atoms. The van der Waals surface area contributed by atoms with Gasteiger partial charge in [-0.1, -0.05) is 50.2 Å². The molecule has 146 valence electrons. The number of imidazole rings is 1. The standard InChI is InChI=1S/C24H23N3O2/c1-3-17(19-14-25-20-13-9-8-12-18(19)20)23-21(15-28)27(16-10-6-5-7-11-16)24(26-23)22(29)4-2/h5-15,17,25H,3-4H2,1-2H3. The highest BCUT2D eigenvalue weighted by Crippen LogP contribution is 2.35. The number of fused-ring (bicyclic) bond motifs is 1. The second kappa shape index (κ2) is 7.87. The average molecular weight is 385 g/mol. The highest BCUT2D eigenvalue weighted by atomic mass is 16.1. The van der Waals surface area contributed by atoms with Crippen LogP contribution >= 0.6 is 0 Å². The van der Waals surface area contributed by atoms with Crippen LogP contribution in [0.4, 0.5) is 0 Å². The summed E-state index contributed by atoms with van der Waals surface area (Å²) in [5.74, 6) is 0.130. The minimum Gasteiger partial charge on any atom is -0.361 e. The number of hydrogen-bond acceptors (Lipinski definition) is 3. The van der Waals surface area contributed by atoms with Gasteiger partial charge in [0.1, 0.15) is 5.69 Å². The molecule has 0 aliphatic heterocycles. The lowest BCUT2D eigenvalue weighted by molar-refractivity contribution is 0.0976. The molecule has 1 unspecified atom stereocenters. The van der Waals surface area contributed by atoms with Crippen molar-refractivity contribution >= 4 is 23.0 Å². The number of nitrogens with one attached hydrogen (secondary N) is 1. The molecular weight excluding hydrogens is 362 g/mol. The number of aromatic amines is 1. The van der Waals surface area contributed by atoms with Crippen LogP contribution in [0.2, 0.25) is 0 Å². The van der Waals surface area contributed by atoms with Crippen LogP contribution in [-0.4, -0.2) is 26.6 Å². The summed E-state index contributed by atoms with van der Waals surface area (Å²) in [4.78, 5) is 33.0. The van der Waals surface area contributed by atoms with Crippen molar-refractivity contribution < 1.29 is 9.59 Å². The lowest BCUT2D eigenvalue weighted by Crippen LogP contribution is -2.10. The van der Waals surface area contributed by atoms with Crippen molar-refractivity contribution in [3.63, 3.8) is 0 Å². The fourth-order valence-electron chi connectivity index (χ4n) is 3.95. The summed E-state index contributed by atoms with van der Waals surface area (Å²) in [7, 11) is 0. The van der Waals surface area contributed by atoms with E-state index in [9.17, 15) is 9.59 Å². The Hall–Kier alpha value is -3.47. The molecule has 5 heteroatoms. The quantitative estimate of drug-likeness (QED) is 0.347. The maximum absolute atomic E-state index is 12.7. The smallest absolute Gasteiger partial charge is 0.198 e. The molecule has 2 aromatic heterocycles. The van der Waals surface area contributed by atoms with Crippen LogP contribution in [0.25, 0.3) is 16.6 Å². The number of Topliss-reactive ketones (excluding diaryl/α,β-unsaturated/α-hetero) is 1. The predicted octanol–water partition coefficient (Wildman–Crippen LogP) is 5.30. The normalized spacial score (nSPS) is 12.2. The number of aromatic nitrogens is 3. The maximum atomic E-state index is 12.7.